The lowest BCUT2D eigenvalue weighted by Gasteiger charge is -2.36. The highest BCUT2D eigenvalue weighted by Crippen LogP contribution is 2.35. The van der Waals surface area contributed by atoms with Gasteiger partial charge in [-0.1, -0.05) is 52.1 Å². The van der Waals surface area contributed by atoms with Gasteiger partial charge in [0.2, 0.25) is 10.0 Å². The van der Waals surface area contributed by atoms with Crippen molar-refractivity contribution in [2.24, 2.45) is 4.99 Å². The van der Waals surface area contributed by atoms with Crippen LogP contribution in [0.5, 0.6) is 0 Å². The van der Waals surface area contributed by atoms with E-state index in [1.165, 1.54) is 0 Å². The van der Waals surface area contributed by atoms with Crippen LogP contribution in [0.1, 0.15) is 33.3 Å². The van der Waals surface area contributed by atoms with E-state index in [1.807, 2.05) is 24.6 Å². The predicted octanol–water partition coefficient (Wildman–Crippen LogP) is 4.29. The number of benzene rings is 1. The van der Waals surface area contributed by atoms with Gasteiger partial charge in [-0.3, -0.25) is 4.99 Å². The van der Waals surface area contributed by atoms with Gasteiger partial charge in [-0.2, -0.15) is 0 Å². The summed E-state index contributed by atoms with van der Waals surface area (Å²) in [6.45, 7) is 13.2. The highest BCUT2D eigenvalue weighted by Gasteiger charge is 2.39. The van der Waals surface area contributed by atoms with Crippen molar-refractivity contribution in [1.82, 2.24) is 4.39 Å². The summed E-state index contributed by atoms with van der Waals surface area (Å²) < 4.78 is 28.9. The average Bonchev–Trinajstić information content (AvgIpc) is 2.45. The molecule has 0 heterocycles. The van der Waals surface area contributed by atoms with Crippen LogP contribution >= 0.6 is 11.8 Å². The number of aliphatic imine (C=N–C) groups is 1. The van der Waals surface area contributed by atoms with E-state index < -0.39 is 18.3 Å². The van der Waals surface area contributed by atoms with E-state index in [9.17, 15) is 8.42 Å². The third kappa shape index (κ3) is 6.02. The first-order valence-corrected chi connectivity index (χ1v) is 13.8. The molecule has 0 atom stereocenters. The normalized spacial score (nSPS) is 13.6. The van der Waals surface area contributed by atoms with Gasteiger partial charge < -0.3 is 0 Å². The first kappa shape index (κ1) is 21.4. The van der Waals surface area contributed by atoms with Crippen molar-refractivity contribution in [1.29, 1.82) is 0 Å². The quantitative estimate of drug-likeness (QED) is 0.314. The van der Waals surface area contributed by atoms with Crippen molar-refractivity contribution >= 4 is 35.6 Å². The van der Waals surface area contributed by atoms with E-state index in [0.717, 1.165) is 17.9 Å². The standard InChI is InChI=1S/C17H30N2O2S2Si/c1-7-18-14-22-13-12-15-10-8-9-11-16(15)23(20,21)19-24(5,6)17(2,3)4/h8-11,14,19H,7,12-13H2,1-6H3. The van der Waals surface area contributed by atoms with Gasteiger partial charge in [0.1, 0.15) is 8.24 Å². The van der Waals surface area contributed by atoms with Crippen molar-refractivity contribution < 1.29 is 8.42 Å². The Bertz CT molecular complexity index is 665. The van der Waals surface area contributed by atoms with E-state index in [4.69, 9.17) is 0 Å². The van der Waals surface area contributed by atoms with Crippen LogP contribution in [-0.2, 0) is 16.4 Å². The molecule has 0 fully saturated rings. The lowest BCUT2D eigenvalue weighted by molar-refractivity contribution is 0.588. The van der Waals surface area contributed by atoms with Crippen LogP contribution in [0.2, 0.25) is 18.1 Å². The molecule has 1 aromatic rings. The maximum absolute atomic E-state index is 12.9. The molecule has 1 rings (SSSR count). The number of sulfonamides is 1. The summed E-state index contributed by atoms with van der Waals surface area (Å²) in [5.74, 6) is 0.816. The molecular formula is C17H30N2O2S2Si. The molecule has 0 unspecified atom stereocenters. The van der Waals surface area contributed by atoms with Crippen molar-refractivity contribution in [2.75, 3.05) is 12.3 Å². The number of thioether (sulfide) groups is 1. The minimum Gasteiger partial charge on any atom is -0.287 e. The molecule has 4 nitrogen and oxygen atoms in total. The Morgan fingerprint density at radius 3 is 2.46 bits per heavy atom. The zero-order valence-electron chi connectivity index (χ0n) is 15.6. The molecule has 0 aliphatic carbocycles. The zero-order valence-corrected chi connectivity index (χ0v) is 18.2. The molecule has 7 heteroatoms. The van der Waals surface area contributed by atoms with Gasteiger partial charge in [-0.15, -0.1) is 11.8 Å². The second kappa shape index (κ2) is 8.65. The third-order valence-electron chi connectivity index (χ3n) is 4.35. The number of hydrogen-bond acceptors (Lipinski definition) is 4. The van der Waals surface area contributed by atoms with Gasteiger partial charge in [0.05, 0.1) is 10.4 Å². The fourth-order valence-corrected chi connectivity index (χ4v) is 7.69. The summed E-state index contributed by atoms with van der Waals surface area (Å²) >= 11 is 1.61. The first-order chi connectivity index (χ1) is 11.0. The SMILES string of the molecule is CCN=CSCCc1ccccc1S(=O)(=O)N[Si](C)(C)C(C)(C)C. The molecule has 136 valence electrons. The van der Waals surface area contributed by atoms with E-state index in [2.05, 4.69) is 43.2 Å². The minimum atomic E-state index is -3.51. The molecule has 0 saturated carbocycles. The molecule has 1 aromatic carbocycles. The van der Waals surface area contributed by atoms with E-state index in [0.29, 0.717) is 11.3 Å². The summed E-state index contributed by atoms with van der Waals surface area (Å²) in [6.07, 6.45) is 0.703. The van der Waals surface area contributed by atoms with Gasteiger partial charge in [0.25, 0.3) is 0 Å². The Morgan fingerprint density at radius 1 is 1.25 bits per heavy atom. The Labute approximate surface area is 152 Å². The zero-order chi connectivity index (χ0) is 18.4. The van der Waals surface area contributed by atoms with Crippen LogP contribution in [0, 0.1) is 0 Å². The molecule has 0 spiro atoms. The molecular weight excluding hydrogens is 356 g/mol. The minimum absolute atomic E-state index is 0.0541. The van der Waals surface area contributed by atoms with Crippen molar-refractivity contribution in [2.45, 2.75) is 57.1 Å². The van der Waals surface area contributed by atoms with E-state index in [-0.39, 0.29) is 5.04 Å². The number of nitrogens with zero attached hydrogens (tertiary/aromatic N) is 1. The van der Waals surface area contributed by atoms with Gasteiger partial charge in [-0.25, -0.2) is 12.8 Å². The highest BCUT2D eigenvalue weighted by molar-refractivity contribution is 8.12. The van der Waals surface area contributed by atoms with Crippen LogP contribution in [0.4, 0.5) is 0 Å². The Hall–Kier alpha value is -0.633. The van der Waals surface area contributed by atoms with Gasteiger partial charge in [0, 0.05) is 12.3 Å². The van der Waals surface area contributed by atoms with Crippen LogP contribution in [0.25, 0.3) is 0 Å². The van der Waals surface area contributed by atoms with Crippen LogP contribution in [0.3, 0.4) is 0 Å². The Kier molecular flexibility index (Phi) is 7.71. The first-order valence-electron chi connectivity index (χ1n) is 8.23. The maximum Gasteiger partial charge on any atom is 0.234 e. The average molecular weight is 387 g/mol. The molecule has 0 aliphatic rings. The van der Waals surface area contributed by atoms with Gasteiger partial charge in [0.15, 0.2) is 0 Å². The number of hydrogen-bond donors (Lipinski definition) is 1. The molecule has 0 saturated heterocycles. The van der Waals surface area contributed by atoms with Gasteiger partial charge >= 0.3 is 0 Å². The largest absolute Gasteiger partial charge is 0.287 e. The lowest BCUT2D eigenvalue weighted by Crippen LogP contribution is -2.54. The third-order valence-corrected chi connectivity index (χ3v) is 12.9. The monoisotopic (exact) mass is 386 g/mol. The predicted molar refractivity (Wildman–Crippen MR) is 109 cm³/mol. The van der Waals surface area contributed by atoms with Crippen LogP contribution in [-0.4, -0.2) is 34.5 Å². The Balaban J connectivity index is 2.98. The molecule has 0 bridgehead atoms. The summed E-state index contributed by atoms with van der Waals surface area (Å²) in [5, 5.41) is -0.0541. The highest BCUT2D eigenvalue weighted by atomic mass is 32.2. The fourth-order valence-electron chi connectivity index (χ4n) is 1.87. The molecule has 0 amide bonds. The molecule has 0 radical (unpaired) electrons. The summed E-state index contributed by atoms with van der Waals surface area (Å²) in [5.41, 5.74) is 2.70. The second-order valence-corrected chi connectivity index (χ2v) is 15.3. The summed E-state index contributed by atoms with van der Waals surface area (Å²) in [7, 11) is -5.67. The summed E-state index contributed by atoms with van der Waals surface area (Å²) in [6, 6.07) is 7.29. The Morgan fingerprint density at radius 2 is 1.88 bits per heavy atom. The van der Waals surface area contributed by atoms with Crippen molar-refractivity contribution in [3.05, 3.63) is 29.8 Å². The van der Waals surface area contributed by atoms with E-state index >= 15 is 0 Å². The molecule has 0 aromatic heterocycles. The smallest absolute Gasteiger partial charge is 0.234 e. The second-order valence-electron chi connectivity index (χ2n) is 7.31. The van der Waals surface area contributed by atoms with Crippen LogP contribution < -0.4 is 4.39 Å². The van der Waals surface area contributed by atoms with E-state index in [1.54, 1.807) is 23.9 Å². The number of aryl methyl sites for hydroxylation is 1. The molecule has 0 aliphatic heterocycles. The number of nitrogens with one attached hydrogen (secondary N) is 1. The molecule has 1 N–H and O–H groups in total. The maximum atomic E-state index is 12.9. The summed E-state index contributed by atoms with van der Waals surface area (Å²) in [4.78, 5) is 4.57. The van der Waals surface area contributed by atoms with Crippen molar-refractivity contribution in [3.8, 4) is 0 Å². The molecule has 24 heavy (non-hydrogen) atoms. The number of rotatable bonds is 8. The fraction of sp³-hybridized carbons (Fsp3) is 0.588. The topological polar surface area (TPSA) is 58.5 Å². The van der Waals surface area contributed by atoms with Gasteiger partial charge in [-0.05, 0) is 30.0 Å². The van der Waals surface area contributed by atoms with Crippen molar-refractivity contribution in [3.63, 3.8) is 0 Å². The van der Waals surface area contributed by atoms with Crippen LogP contribution in [0.15, 0.2) is 34.2 Å². The lowest BCUT2D eigenvalue weighted by atomic mass is 10.2.